The molecule has 0 aromatic carbocycles. The molecule has 0 rings (SSSR count). The van der Waals surface area contributed by atoms with E-state index in [1.165, 1.54) is 0 Å². The van der Waals surface area contributed by atoms with E-state index in [9.17, 15) is 19.2 Å². The first kappa shape index (κ1) is 37.3. The van der Waals surface area contributed by atoms with Crippen LogP contribution in [-0.2, 0) is 35.7 Å². The van der Waals surface area contributed by atoms with Crippen molar-refractivity contribution in [1.82, 2.24) is 16.0 Å². The fourth-order valence-corrected chi connectivity index (χ4v) is 2.13. The Bertz CT molecular complexity index is 447. The number of likely N-dealkylation sites (N-methyl/N-ethyl adjacent to an activating group) is 1. The van der Waals surface area contributed by atoms with Gasteiger partial charge in [0.15, 0.2) is 0 Å². The number of aliphatic carboxylic acids is 1. The Morgan fingerprint density at radius 1 is 1.00 bits per heavy atom. The summed E-state index contributed by atoms with van der Waals surface area (Å²) in [6, 6.07) is -0.856. The fourth-order valence-electron chi connectivity index (χ4n) is 2.13. The minimum absolute atomic E-state index is 0. The van der Waals surface area contributed by atoms with E-state index in [-0.39, 0.29) is 75.8 Å². The third-order valence-electron chi connectivity index (χ3n) is 3.45. The minimum Gasteiger partial charge on any atom is -0.481 e. The van der Waals surface area contributed by atoms with Gasteiger partial charge >= 0.3 is 5.97 Å². The van der Waals surface area contributed by atoms with E-state index in [2.05, 4.69) is 22.9 Å². The number of hydrogen-bond donors (Lipinski definition) is 4. The minimum atomic E-state index is -1.04. The Morgan fingerprint density at radius 3 is 2.00 bits per heavy atom. The van der Waals surface area contributed by atoms with E-state index < -0.39 is 17.9 Å². The molecular weight excluding hydrogens is 409 g/mol. The molecule has 0 unspecified atom stereocenters. The molecule has 0 radical (unpaired) electrons. The van der Waals surface area contributed by atoms with Crippen LogP contribution in [-0.4, -0.2) is 54.3 Å². The maximum absolute atomic E-state index is 11.6. The Kier molecular flexibility index (Phi) is 29.1. The predicted molar refractivity (Wildman–Crippen MR) is 108 cm³/mol. The summed E-state index contributed by atoms with van der Waals surface area (Å²) < 4.78 is 0. The Hall–Kier alpha value is -1.47. The molecule has 2 atom stereocenters. The van der Waals surface area contributed by atoms with Gasteiger partial charge in [0.25, 0.3) is 0 Å². The summed E-state index contributed by atoms with van der Waals surface area (Å²) in [5.41, 5.74) is 0. The number of rotatable bonds is 13. The molecule has 0 aliphatic heterocycles. The van der Waals surface area contributed by atoms with Gasteiger partial charge in [0.2, 0.25) is 11.8 Å². The van der Waals surface area contributed by atoms with E-state index in [1.807, 2.05) is 0 Å². The van der Waals surface area contributed by atoms with E-state index in [0.717, 1.165) is 19.3 Å². The number of unbranched alkanes of at least 4 members (excludes halogenated alkanes) is 1. The third-order valence-corrected chi connectivity index (χ3v) is 3.45. The summed E-state index contributed by atoms with van der Waals surface area (Å²) in [5, 5.41) is 16.6. The number of hydrogen-bond acceptors (Lipinski definition) is 5. The molecule has 0 heterocycles. The molecule has 0 aliphatic carbocycles. The number of carboxylic acid groups (broad SMARTS) is 1. The van der Waals surface area contributed by atoms with Gasteiger partial charge in [-0.05, 0) is 33.2 Å². The summed E-state index contributed by atoms with van der Waals surface area (Å²) >= 11 is 0. The van der Waals surface area contributed by atoms with Crippen molar-refractivity contribution in [3.63, 3.8) is 0 Å². The summed E-state index contributed by atoms with van der Waals surface area (Å²) in [7, 11) is 1.74. The normalized spacial score (nSPS) is 11.1. The molecular formula is C19H37N3NiO5-4. The van der Waals surface area contributed by atoms with E-state index in [4.69, 9.17) is 5.11 Å². The number of amides is 2. The molecule has 172 valence electrons. The second kappa shape index (κ2) is 21.8. The van der Waals surface area contributed by atoms with Gasteiger partial charge in [-0.3, -0.25) is 19.2 Å². The predicted octanol–water partition coefficient (Wildman–Crippen LogP) is 1.37. The van der Waals surface area contributed by atoms with Crippen molar-refractivity contribution in [3.8, 4) is 0 Å². The van der Waals surface area contributed by atoms with Gasteiger partial charge in [0, 0.05) is 42.3 Å². The van der Waals surface area contributed by atoms with E-state index in [1.54, 1.807) is 14.0 Å². The van der Waals surface area contributed by atoms with Crippen molar-refractivity contribution in [2.24, 2.45) is 0 Å². The van der Waals surface area contributed by atoms with Crippen LogP contribution in [0.3, 0.4) is 0 Å². The Morgan fingerprint density at radius 2 is 1.54 bits per heavy atom. The first-order valence-electron chi connectivity index (χ1n) is 8.05. The molecule has 4 N–H and O–H groups in total. The average Bonchev–Trinajstić information content (AvgIpc) is 2.47. The van der Waals surface area contributed by atoms with E-state index in [0.29, 0.717) is 6.54 Å². The second-order valence-corrected chi connectivity index (χ2v) is 5.66. The zero-order valence-electron chi connectivity index (χ0n) is 17.7. The summed E-state index contributed by atoms with van der Waals surface area (Å²) in [6.07, 6.45) is 2.05. The fraction of sp³-hybridized carbons (Fsp3) is 0.579. The van der Waals surface area contributed by atoms with Crippen LogP contribution in [0, 0.1) is 29.2 Å². The molecule has 0 aromatic heterocycles. The van der Waals surface area contributed by atoms with Crippen LogP contribution in [0.2, 0.25) is 0 Å². The second-order valence-electron chi connectivity index (χ2n) is 5.66. The zero-order valence-corrected chi connectivity index (χ0v) is 18.7. The summed E-state index contributed by atoms with van der Waals surface area (Å²) in [4.78, 5) is 44.8. The van der Waals surface area contributed by atoms with Crippen molar-refractivity contribution in [3.05, 3.63) is 29.2 Å². The maximum Gasteiger partial charge on any atom is 0.302 e. The number of carbonyl (C=O) groups excluding carboxylic acids is 3. The van der Waals surface area contributed by atoms with Crippen molar-refractivity contribution < 1.29 is 40.8 Å². The van der Waals surface area contributed by atoms with Gasteiger partial charge in [0.05, 0.1) is 6.04 Å². The Labute approximate surface area is 180 Å². The van der Waals surface area contributed by atoms with Crippen molar-refractivity contribution in [2.75, 3.05) is 13.6 Å². The van der Waals surface area contributed by atoms with Crippen molar-refractivity contribution >= 4 is 23.6 Å². The zero-order chi connectivity index (χ0) is 18.5. The molecule has 28 heavy (non-hydrogen) atoms. The quantitative estimate of drug-likeness (QED) is 0.193. The van der Waals surface area contributed by atoms with Gasteiger partial charge < -0.3 is 50.3 Å². The smallest absolute Gasteiger partial charge is 0.302 e. The molecule has 0 saturated heterocycles. The SMILES string of the molecule is [CH2-][C@@H](CC(=O)O)NC(=O)CCC(=O)NCCCC[C@H](NC)C(C)=O.[CH3-].[CH3-].[CH3-].[Ni]. The van der Waals surface area contributed by atoms with Crippen LogP contribution in [0.4, 0.5) is 0 Å². The van der Waals surface area contributed by atoms with Gasteiger partial charge in [-0.15, -0.1) is 0 Å². The molecule has 0 saturated carbocycles. The first-order chi connectivity index (χ1) is 11.3. The molecule has 2 amide bonds. The topological polar surface area (TPSA) is 125 Å². The number of ketones is 1. The largest absolute Gasteiger partial charge is 0.481 e. The maximum atomic E-state index is 11.6. The van der Waals surface area contributed by atoms with Crippen LogP contribution in [0.1, 0.15) is 45.4 Å². The van der Waals surface area contributed by atoms with Crippen LogP contribution in [0.5, 0.6) is 0 Å². The number of carboxylic acids is 1. The van der Waals surface area contributed by atoms with Gasteiger partial charge in [-0.25, -0.2) is 0 Å². The first-order valence-corrected chi connectivity index (χ1v) is 8.05. The van der Waals surface area contributed by atoms with Crippen LogP contribution in [0.25, 0.3) is 0 Å². The van der Waals surface area contributed by atoms with Crippen LogP contribution in [0.15, 0.2) is 0 Å². The third kappa shape index (κ3) is 20.8. The van der Waals surface area contributed by atoms with Crippen molar-refractivity contribution in [1.29, 1.82) is 0 Å². The molecule has 8 nitrogen and oxygen atoms in total. The molecule has 0 aromatic rings. The number of carbonyl (C=O) groups is 4. The standard InChI is InChI=1S/C16H28N3O5.3CH3.Ni/c1-11(10-16(23)24)19-15(22)8-7-14(21)18-9-5-4-6-13(17-3)12(2)20;;;;/h11,13,17H,1,4-10H2,2-3H3,(H,18,21)(H,19,22)(H,23,24);3*1H3;/q4*-1;/t11-,13-;;;;/m0..../s1. The average molecular weight is 446 g/mol. The van der Waals surface area contributed by atoms with Gasteiger partial charge in [-0.2, -0.15) is 0 Å². The van der Waals surface area contributed by atoms with Crippen molar-refractivity contribution in [2.45, 2.75) is 57.5 Å². The summed E-state index contributed by atoms with van der Waals surface area (Å²) in [5.74, 6) is -1.58. The molecule has 0 spiro atoms. The summed E-state index contributed by atoms with van der Waals surface area (Å²) in [6.45, 7) is 5.54. The number of Topliss-reactive ketones (excluding diaryl/α,β-unsaturated/α-hetero) is 1. The Balaban J connectivity index is -0.000000441. The van der Waals surface area contributed by atoms with Gasteiger partial charge in [-0.1, -0.05) is 6.04 Å². The number of nitrogens with one attached hydrogen (secondary N) is 3. The molecule has 0 aliphatic rings. The van der Waals surface area contributed by atoms with E-state index >= 15 is 0 Å². The molecule has 0 bridgehead atoms. The molecule has 0 fully saturated rings. The molecule has 9 heteroatoms. The van der Waals surface area contributed by atoms with Crippen LogP contribution >= 0.6 is 0 Å². The van der Waals surface area contributed by atoms with Crippen LogP contribution < -0.4 is 16.0 Å². The monoisotopic (exact) mass is 445 g/mol. The van der Waals surface area contributed by atoms with Gasteiger partial charge in [0.1, 0.15) is 5.78 Å².